The van der Waals surface area contributed by atoms with Crippen LogP contribution in [0.25, 0.3) is 0 Å². The lowest BCUT2D eigenvalue weighted by Gasteiger charge is -2.17. The summed E-state index contributed by atoms with van der Waals surface area (Å²) < 4.78 is 10.4. The first-order valence-corrected chi connectivity index (χ1v) is 8.47. The maximum absolute atomic E-state index is 12.7. The average molecular weight is 375 g/mol. The Balaban J connectivity index is 1.74. The predicted octanol–water partition coefficient (Wildman–Crippen LogP) is 3.71. The number of halogens is 1. The molecule has 136 valence electrons. The molecule has 0 aliphatic heterocycles. The maximum Gasteiger partial charge on any atom is 0.240 e. The van der Waals surface area contributed by atoms with Gasteiger partial charge in [0.05, 0.1) is 19.9 Å². The zero-order chi connectivity index (χ0) is 18.7. The highest BCUT2D eigenvalue weighted by Gasteiger charge is 2.56. The van der Waals surface area contributed by atoms with Crippen molar-refractivity contribution in [2.75, 3.05) is 24.9 Å². The second-order valence-corrected chi connectivity index (χ2v) is 6.50. The molecule has 0 atom stereocenters. The lowest BCUT2D eigenvalue weighted by Crippen LogP contribution is -2.35. The quantitative estimate of drug-likeness (QED) is 0.755. The zero-order valence-electron chi connectivity index (χ0n) is 14.5. The summed E-state index contributed by atoms with van der Waals surface area (Å²) >= 11 is 5.93. The van der Waals surface area contributed by atoms with Gasteiger partial charge in [-0.1, -0.05) is 17.7 Å². The number of amides is 2. The molecule has 6 nitrogen and oxygen atoms in total. The highest BCUT2D eigenvalue weighted by molar-refractivity contribution is 6.31. The number of anilines is 2. The van der Waals surface area contributed by atoms with Gasteiger partial charge in [-0.05, 0) is 43.2 Å². The van der Waals surface area contributed by atoms with Crippen LogP contribution in [0, 0.1) is 5.41 Å². The largest absolute Gasteiger partial charge is 0.497 e. The Morgan fingerprint density at radius 3 is 2.35 bits per heavy atom. The van der Waals surface area contributed by atoms with E-state index in [4.69, 9.17) is 21.1 Å². The van der Waals surface area contributed by atoms with Crippen molar-refractivity contribution in [3.05, 3.63) is 47.5 Å². The molecule has 0 heterocycles. The third-order valence-electron chi connectivity index (χ3n) is 4.36. The van der Waals surface area contributed by atoms with Gasteiger partial charge < -0.3 is 20.1 Å². The molecule has 0 bridgehead atoms. The molecule has 2 amide bonds. The van der Waals surface area contributed by atoms with Crippen molar-refractivity contribution in [1.29, 1.82) is 0 Å². The number of carbonyl (C=O) groups excluding carboxylic acids is 2. The topological polar surface area (TPSA) is 76.7 Å². The first-order valence-electron chi connectivity index (χ1n) is 8.09. The number of benzene rings is 2. The van der Waals surface area contributed by atoms with Gasteiger partial charge >= 0.3 is 0 Å². The van der Waals surface area contributed by atoms with Crippen molar-refractivity contribution < 1.29 is 19.1 Å². The van der Waals surface area contributed by atoms with Crippen LogP contribution in [0.3, 0.4) is 0 Å². The number of carbonyl (C=O) groups is 2. The molecular formula is C19H19ClN2O4. The minimum Gasteiger partial charge on any atom is -0.497 e. The fourth-order valence-electron chi connectivity index (χ4n) is 2.64. The first kappa shape index (κ1) is 18.1. The van der Waals surface area contributed by atoms with Crippen molar-refractivity contribution in [1.82, 2.24) is 0 Å². The highest BCUT2D eigenvalue weighted by atomic mass is 35.5. The maximum atomic E-state index is 12.7. The normalized spacial score (nSPS) is 14.3. The van der Waals surface area contributed by atoms with E-state index >= 15 is 0 Å². The summed E-state index contributed by atoms with van der Waals surface area (Å²) in [6.45, 7) is 0. The van der Waals surface area contributed by atoms with Gasteiger partial charge in [0.15, 0.2) is 0 Å². The molecule has 1 aliphatic rings. The molecule has 1 fully saturated rings. The Kier molecular flexibility index (Phi) is 5.04. The number of hydrogen-bond donors (Lipinski definition) is 2. The minimum absolute atomic E-state index is 0.343. The van der Waals surface area contributed by atoms with E-state index in [-0.39, 0.29) is 11.8 Å². The van der Waals surface area contributed by atoms with E-state index in [1.165, 1.54) is 7.11 Å². The number of nitrogens with one attached hydrogen (secondary N) is 2. The molecule has 26 heavy (non-hydrogen) atoms. The van der Waals surface area contributed by atoms with Crippen LogP contribution in [-0.2, 0) is 9.59 Å². The van der Waals surface area contributed by atoms with Crippen LogP contribution in [0.15, 0.2) is 42.5 Å². The van der Waals surface area contributed by atoms with Crippen molar-refractivity contribution in [2.24, 2.45) is 5.41 Å². The molecule has 0 spiro atoms. The van der Waals surface area contributed by atoms with Gasteiger partial charge in [-0.3, -0.25) is 9.59 Å². The summed E-state index contributed by atoms with van der Waals surface area (Å²) in [5, 5.41) is 6.06. The molecule has 2 aromatic carbocycles. The average Bonchev–Trinajstić information content (AvgIpc) is 3.44. The van der Waals surface area contributed by atoms with E-state index in [1.54, 1.807) is 49.6 Å². The van der Waals surface area contributed by atoms with E-state index in [0.29, 0.717) is 40.7 Å². The number of hydrogen-bond acceptors (Lipinski definition) is 4. The van der Waals surface area contributed by atoms with Gasteiger partial charge in [0.25, 0.3) is 0 Å². The Morgan fingerprint density at radius 2 is 1.73 bits per heavy atom. The van der Waals surface area contributed by atoms with Gasteiger partial charge in [0, 0.05) is 16.8 Å². The summed E-state index contributed by atoms with van der Waals surface area (Å²) in [7, 11) is 3.05. The molecule has 1 aliphatic carbocycles. The van der Waals surface area contributed by atoms with E-state index < -0.39 is 5.41 Å². The lowest BCUT2D eigenvalue weighted by molar-refractivity contribution is -0.131. The number of methoxy groups -OCH3 is 2. The van der Waals surface area contributed by atoms with E-state index in [9.17, 15) is 9.59 Å². The van der Waals surface area contributed by atoms with E-state index in [2.05, 4.69) is 10.6 Å². The van der Waals surface area contributed by atoms with Crippen LogP contribution in [0.4, 0.5) is 11.4 Å². The summed E-state index contributed by atoms with van der Waals surface area (Å²) in [5.41, 5.74) is -0.0310. The third-order valence-corrected chi connectivity index (χ3v) is 4.59. The number of rotatable bonds is 6. The second-order valence-electron chi connectivity index (χ2n) is 6.07. The fraction of sp³-hybridized carbons (Fsp3) is 0.263. The Morgan fingerprint density at radius 1 is 1.00 bits per heavy atom. The molecule has 2 N–H and O–H groups in total. The van der Waals surface area contributed by atoms with Gasteiger partial charge in [0.2, 0.25) is 11.8 Å². The van der Waals surface area contributed by atoms with Crippen LogP contribution in [0.2, 0.25) is 5.02 Å². The molecule has 0 unspecified atom stereocenters. The first-order chi connectivity index (χ1) is 12.5. The van der Waals surface area contributed by atoms with E-state index in [1.807, 2.05) is 0 Å². The van der Waals surface area contributed by atoms with Crippen molar-refractivity contribution >= 4 is 34.8 Å². The van der Waals surface area contributed by atoms with Gasteiger partial charge in [-0.2, -0.15) is 0 Å². The molecule has 0 saturated heterocycles. The molecule has 2 aromatic rings. The van der Waals surface area contributed by atoms with E-state index in [0.717, 1.165) is 0 Å². The summed E-state index contributed by atoms with van der Waals surface area (Å²) in [4.78, 5) is 25.4. The predicted molar refractivity (Wildman–Crippen MR) is 99.9 cm³/mol. The van der Waals surface area contributed by atoms with Crippen molar-refractivity contribution in [2.45, 2.75) is 12.8 Å². The van der Waals surface area contributed by atoms with Crippen LogP contribution < -0.4 is 20.1 Å². The third kappa shape index (κ3) is 3.60. The van der Waals surface area contributed by atoms with Crippen LogP contribution >= 0.6 is 11.6 Å². The van der Waals surface area contributed by atoms with Crippen molar-refractivity contribution in [3.8, 4) is 11.5 Å². The molecule has 3 rings (SSSR count). The minimum atomic E-state index is -1.08. The smallest absolute Gasteiger partial charge is 0.240 e. The Hall–Kier alpha value is -2.73. The Bertz CT molecular complexity index is 849. The van der Waals surface area contributed by atoms with Crippen LogP contribution in [0.5, 0.6) is 11.5 Å². The Labute approximate surface area is 156 Å². The summed E-state index contributed by atoms with van der Waals surface area (Å²) in [5.74, 6) is 0.369. The van der Waals surface area contributed by atoms with Crippen LogP contribution in [-0.4, -0.2) is 26.0 Å². The zero-order valence-corrected chi connectivity index (χ0v) is 15.2. The molecule has 1 saturated carbocycles. The SMILES string of the molecule is COc1ccc(NC(=O)C2(C(=O)Nc3cccc(Cl)c3)CC2)c(OC)c1. The molecule has 0 radical (unpaired) electrons. The number of ether oxygens (including phenoxy) is 2. The van der Waals surface area contributed by atoms with Gasteiger partial charge in [-0.15, -0.1) is 0 Å². The molecular weight excluding hydrogens is 356 g/mol. The second kappa shape index (κ2) is 7.25. The highest BCUT2D eigenvalue weighted by Crippen LogP contribution is 2.48. The van der Waals surface area contributed by atoms with Crippen LogP contribution in [0.1, 0.15) is 12.8 Å². The monoisotopic (exact) mass is 374 g/mol. The standard InChI is InChI=1S/C19H19ClN2O4/c1-25-14-6-7-15(16(11-14)26-2)22-18(24)19(8-9-19)17(23)21-13-5-3-4-12(20)10-13/h3-7,10-11H,8-9H2,1-2H3,(H,21,23)(H,22,24). The van der Waals surface area contributed by atoms with Gasteiger partial charge in [-0.25, -0.2) is 0 Å². The molecule has 0 aromatic heterocycles. The summed E-state index contributed by atoms with van der Waals surface area (Å²) in [6.07, 6.45) is 0.980. The van der Waals surface area contributed by atoms with Crippen molar-refractivity contribution in [3.63, 3.8) is 0 Å². The summed E-state index contributed by atoms with van der Waals surface area (Å²) in [6, 6.07) is 11.9. The van der Waals surface area contributed by atoms with Gasteiger partial charge in [0.1, 0.15) is 16.9 Å². The fourth-order valence-corrected chi connectivity index (χ4v) is 2.83. The molecule has 7 heteroatoms. The lowest BCUT2D eigenvalue weighted by atomic mass is 10.0.